The lowest BCUT2D eigenvalue weighted by Gasteiger charge is -2.14. The molecule has 0 radical (unpaired) electrons. The van der Waals surface area contributed by atoms with E-state index in [1.54, 1.807) is 45.5 Å². The van der Waals surface area contributed by atoms with Crippen molar-refractivity contribution < 1.29 is 18.7 Å². The zero-order valence-electron chi connectivity index (χ0n) is 14.8. The number of methoxy groups -OCH3 is 2. The molecule has 3 N–H and O–H groups in total. The Morgan fingerprint density at radius 3 is 2.42 bits per heavy atom. The van der Waals surface area contributed by atoms with Crippen molar-refractivity contribution in [2.24, 2.45) is 4.99 Å². The molecule has 0 aliphatic carbocycles. The number of anilines is 2. The number of halogens is 1. The number of ether oxygens (including phenoxy) is 2. The lowest BCUT2D eigenvalue weighted by atomic mass is 10.3. The van der Waals surface area contributed by atoms with Crippen LogP contribution in [0.1, 0.15) is 0 Å². The molecule has 0 unspecified atom stereocenters. The molecule has 0 aliphatic heterocycles. The highest BCUT2D eigenvalue weighted by Gasteiger charge is 2.08. The number of hydrogen-bond donors (Lipinski definition) is 3. The fraction of sp³-hybridized carbons (Fsp3) is 0.222. The summed E-state index contributed by atoms with van der Waals surface area (Å²) in [4.78, 5) is 16.0. The molecule has 8 heteroatoms. The van der Waals surface area contributed by atoms with E-state index in [-0.39, 0.29) is 12.5 Å². The average Bonchev–Trinajstić information content (AvgIpc) is 2.64. The minimum atomic E-state index is -0.415. The molecule has 0 aromatic heterocycles. The molecule has 0 bridgehead atoms. The molecule has 0 atom stereocenters. The number of nitrogens with one attached hydrogen (secondary N) is 3. The highest BCUT2D eigenvalue weighted by Crippen LogP contribution is 2.29. The van der Waals surface area contributed by atoms with E-state index in [4.69, 9.17) is 9.47 Å². The molecule has 2 rings (SSSR count). The number of rotatable bonds is 6. The Kier molecular flexibility index (Phi) is 6.78. The summed E-state index contributed by atoms with van der Waals surface area (Å²) >= 11 is 0. The molecule has 0 saturated heterocycles. The van der Waals surface area contributed by atoms with Crippen LogP contribution in [0.4, 0.5) is 15.8 Å². The Bertz CT molecular complexity index is 796. The Morgan fingerprint density at radius 2 is 1.77 bits per heavy atom. The van der Waals surface area contributed by atoms with Gasteiger partial charge in [-0.1, -0.05) is 6.07 Å². The number of nitrogens with zero attached hydrogens (tertiary/aromatic N) is 1. The summed E-state index contributed by atoms with van der Waals surface area (Å²) in [6.45, 7) is -0.0382. The summed E-state index contributed by atoms with van der Waals surface area (Å²) in [5, 5.41) is 8.52. The maximum absolute atomic E-state index is 13.1. The molecule has 0 heterocycles. The van der Waals surface area contributed by atoms with Crippen molar-refractivity contribution in [2.75, 3.05) is 38.4 Å². The third-order valence-electron chi connectivity index (χ3n) is 3.39. The molecule has 7 nitrogen and oxygen atoms in total. The maximum Gasteiger partial charge on any atom is 0.243 e. The number of hydrogen-bond acceptors (Lipinski definition) is 4. The molecule has 0 fully saturated rings. The first kappa shape index (κ1) is 19.0. The van der Waals surface area contributed by atoms with Crippen LogP contribution in [0.5, 0.6) is 11.5 Å². The van der Waals surface area contributed by atoms with Crippen LogP contribution in [0, 0.1) is 5.82 Å². The van der Waals surface area contributed by atoms with Gasteiger partial charge in [-0.3, -0.25) is 9.79 Å². The monoisotopic (exact) mass is 360 g/mol. The second-order valence-electron chi connectivity index (χ2n) is 5.18. The van der Waals surface area contributed by atoms with E-state index in [2.05, 4.69) is 20.9 Å². The van der Waals surface area contributed by atoms with Crippen LogP contribution in [0.25, 0.3) is 0 Å². The fourth-order valence-electron chi connectivity index (χ4n) is 2.17. The predicted molar refractivity (Wildman–Crippen MR) is 99.6 cm³/mol. The number of carbonyl (C=O) groups is 1. The van der Waals surface area contributed by atoms with E-state index in [1.165, 1.54) is 18.2 Å². The van der Waals surface area contributed by atoms with Gasteiger partial charge in [0.25, 0.3) is 0 Å². The summed E-state index contributed by atoms with van der Waals surface area (Å²) in [5.74, 6) is 0.825. The Hall–Kier alpha value is -3.29. The minimum absolute atomic E-state index is 0.0382. The number of guanidine groups is 1. The number of carbonyl (C=O) groups excluding carboxylic acids is 1. The molecule has 0 aliphatic rings. The third-order valence-corrected chi connectivity index (χ3v) is 3.39. The van der Waals surface area contributed by atoms with E-state index in [0.29, 0.717) is 28.8 Å². The Morgan fingerprint density at radius 1 is 1.04 bits per heavy atom. The van der Waals surface area contributed by atoms with E-state index in [1.807, 2.05) is 0 Å². The van der Waals surface area contributed by atoms with Gasteiger partial charge in [0.1, 0.15) is 5.82 Å². The Balaban J connectivity index is 1.92. The van der Waals surface area contributed by atoms with Crippen LogP contribution in [-0.2, 0) is 4.79 Å². The zero-order chi connectivity index (χ0) is 18.9. The van der Waals surface area contributed by atoms with Crippen molar-refractivity contribution in [3.63, 3.8) is 0 Å². The van der Waals surface area contributed by atoms with Crippen LogP contribution in [0.3, 0.4) is 0 Å². The second kappa shape index (κ2) is 9.26. The molecular weight excluding hydrogens is 339 g/mol. The lowest BCUT2D eigenvalue weighted by Crippen LogP contribution is -2.37. The van der Waals surface area contributed by atoms with Gasteiger partial charge in [0, 0.05) is 24.5 Å². The van der Waals surface area contributed by atoms with Crippen LogP contribution < -0.4 is 25.4 Å². The first-order chi connectivity index (χ1) is 12.5. The van der Waals surface area contributed by atoms with Crippen molar-refractivity contribution in [3.05, 3.63) is 48.3 Å². The molecular formula is C18H21FN4O3. The summed E-state index contributed by atoms with van der Waals surface area (Å²) in [5.41, 5.74) is 1.10. The van der Waals surface area contributed by atoms with Gasteiger partial charge in [0.05, 0.1) is 20.8 Å². The largest absolute Gasteiger partial charge is 0.493 e. The van der Waals surface area contributed by atoms with Gasteiger partial charge in [-0.2, -0.15) is 0 Å². The van der Waals surface area contributed by atoms with Gasteiger partial charge >= 0.3 is 0 Å². The molecule has 1 amide bonds. The highest BCUT2D eigenvalue weighted by molar-refractivity contribution is 5.99. The van der Waals surface area contributed by atoms with Crippen LogP contribution in [-0.4, -0.2) is 39.7 Å². The van der Waals surface area contributed by atoms with Crippen molar-refractivity contribution in [2.45, 2.75) is 0 Å². The molecule has 0 spiro atoms. The van der Waals surface area contributed by atoms with E-state index >= 15 is 0 Å². The van der Waals surface area contributed by atoms with Gasteiger partial charge in [-0.15, -0.1) is 0 Å². The molecule has 0 saturated carbocycles. The van der Waals surface area contributed by atoms with Gasteiger partial charge in [0.15, 0.2) is 17.5 Å². The quantitative estimate of drug-likeness (QED) is 0.544. The number of amides is 1. The number of aliphatic imine (C=N–C) groups is 1. The topological polar surface area (TPSA) is 84.0 Å². The second-order valence-corrected chi connectivity index (χ2v) is 5.18. The van der Waals surface area contributed by atoms with Crippen molar-refractivity contribution in [3.8, 4) is 11.5 Å². The lowest BCUT2D eigenvalue weighted by molar-refractivity contribution is -0.115. The fourth-order valence-corrected chi connectivity index (χ4v) is 2.17. The maximum atomic E-state index is 13.1. The summed E-state index contributed by atoms with van der Waals surface area (Å²) in [7, 11) is 4.69. The van der Waals surface area contributed by atoms with E-state index in [9.17, 15) is 9.18 Å². The molecule has 26 heavy (non-hydrogen) atoms. The van der Waals surface area contributed by atoms with Crippen molar-refractivity contribution in [1.29, 1.82) is 0 Å². The Labute approximate surface area is 151 Å². The highest BCUT2D eigenvalue weighted by atomic mass is 19.1. The number of benzene rings is 2. The summed E-state index contributed by atoms with van der Waals surface area (Å²) in [6.07, 6.45) is 0. The van der Waals surface area contributed by atoms with Gasteiger partial charge in [-0.25, -0.2) is 4.39 Å². The van der Waals surface area contributed by atoms with Crippen LogP contribution in [0.15, 0.2) is 47.5 Å². The smallest absolute Gasteiger partial charge is 0.243 e. The average molecular weight is 360 g/mol. The first-order valence-electron chi connectivity index (χ1n) is 7.81. The standard InChI is InChI=1S/C18H21FN4O3/c1-20-18(23-14-7-8-15(25-2)16(10-14)26-3)21-11-17(24)22-13-6-4-5-12(19)9-13/h4-10H,11H2,1-3H3,(H,22,24)(H2,20,21,23). The van der Waals surface area contributed by atoms with Gasteiger partial charge in [-0.05, 0) is 30.3 Å². The van der Waals surface area contributed by atoms with E-state index < -0.39 is 5.82 Å². The normalized spacial score (nSPS) is 10.8. The van der Waals surface area contributed by atoms with Crippen LogP contribution >= 0.6 is 0 Å². The van der Waals surface area contributed by atoms with Crippen LogP contribution in [0.2, 0.25) is 0 Å². The van der Waals surface area contributed by atoms with Crippen molar-refractivity contribution >= 4 is 23.2 Å². The zero-order valence-corrected chi connectivity index (χ0v) is 14.8. The summed E-state index contributed by atoms with van der Waals surface area (Å²) in [6, 6.07) is 11.0. The first-order valence-corrected chi connectivity index (χ1v) is 7.81. The van der Waals surface area contributed by atoms with Gasteiger partial charge in [0.2, 0.25) is 5.91 Å². The van der Waals surface area contributed by atoms with Gasteiger partial charge < -0.3 is 25.4 Å². The minimum Gasteiger partial charge on any atom is -0.493 e. The van der Waals surface area contributed by atoms with Crippen molar-refractivity contribution in [1.82, 2.24) is 5.32 Å². The SMILES string of the molecule is CN=C(NCC(=O)Nc1cccc(F)c1)Nc1ccc(OC)c(OC)c1. The molecule has 2 aromatic carbocycles. The molecule has 138 valence electrons. The summed E-state index contributed by atoms with van der Waals surface area (Å²) < 4.78 is 23.6. The third kappa shape index (κ3) is 5.37. The predicted octanol–water partition coefficient (Wildman–Crippen LogP) is 2.47. The van der Waals surface area contributed by atoms with E-state index in [0.717, 1.165) is 0 Å². The molecule has 2 aromatic rings.